The predicted molar refractivity (Wildman–Crippen MR) is 120 cm³/mol. The topological polar surface area (TPSA) is 130 Å². The van der Waals surface area contributed by atoms with Crippen LogP contribution < -0.4 is 21.7 Å². The third-order valence-electron chi connectivity index (χ3n) is 5.70. The SMILES string of the molecule is NC(=O)c1sc2nc(N3CCC(NCC(O)c4cccnc4)CC3)cc(C(F)(F)F)c2c1N. The number of piperidine rings is 1. The number of anilines is 2. The molecule has 12 heteroatoms. The summed E-state index contributed by atoms with van der Waals surface area (Å²) in [6.45, 7) is 1.32. The Labute approximate surface area is 191 Å². The molecule has 1 saturated heterocycles. The van der Waals surface area contributed by atoms with Gasteiger partial charge in [0.2, 0.25) is 0 Å². The van der Waals surface area contributed by atoms with Gasteiger partial charge < -0.3 is 26.8 Å². The van der Waals surface area contributed by atoms with E-state index in [1.165, 1.54) is 0 Å². The van der Waals surface area contributed by atoms with E-state index < -0.39 is 23.8 Å². The molecule has 1 atom stereocenters. The van der Waals surface area contributed by atoms with Crippen molar-refractivity contribution in [1.29, 1.82) is 0 Å². The zero-order chi connectivity index (χ0) is 23.8. The average Bonchev–Trinajstić information content (AvgIpc) is 3.14. The Morgan fingerprint density at radius 3 is 2.70 bits per heavy atom. The maximum atomic E-state index is 13.8. The molecular formula is C21H23F3N6O2S. The summed E-state index contributed by atoms with van der Waals surface area (Å²) < 4.78 is 41.3. The van der Waals surface area contributed by atoms with Gasteiger partial charge in [0.25, 0.3) is 5.91 Å². The van der Waals surface area contributed by atoms with Gasteiger partial charge in [-0.3, -0.25) is 9.78 Å². The van der Waals surface area contributed by atoms with Gasteiger partial charge >= 0.3 is 6.18 Å². The molecule has 1 unspecified atom stereocenters. The number of aliphatic hydroxyl groups is 1. The van der Waals surface area contributed by atoms with Gasteiger partial charge in [-0.1, -0.05) is 6.07 Å². The Kier molecular flexibility index (Phi) is 6.41. The number of carbonyl (C=O) groups excluding carboxylic acids is 1. The smallest absolute Gasteiger partial charge is 0.397 e. The van der Waals surface area contributed by atoms with Crippen LogP contribution in [0.3, 0.4) is 0 Å². The standard InChI is InChI=1S/C21H23F3N6O2S/c22-21(23,24)13-8-15(29-20-16(13)17(25)18(33-20)19(26)32)30-6-3-12(4-7-30)28-10-14(31)11-2-1-5-27-9-11/h1-2,5,8-9,12,14,28,31H,3-4,6-7,10,25H2,(H2,26,32). The summed E-state index contributed by atoms with van der Waals surface area (Å²) in [5, 5.41) is 13.3. The van der Waals surface area contributed by atoms with E-state index in [9.17, 15) is 23.1 Å². The first kappa shape index (κ1) is 23.2. The molecule has 33 heavy (non-hydrogen) atoms. The molecular weight excluding hydrogens is 457 g/mol. The third-order valence-corrected chi connectivity index (χ3v) is 6.82. The molecule has 0 aliphatic carbocycles. The van der Waals surface area contributed by atoms with E-state index in [-0.39, 0.29) is 32.6 Å². The van der Waals surface area contributed by atoms with Crippen molar-refractivity contribution in [2.24, 2.45) is 5.73 Å². The van der Waals surface area contributed by atoms with E-state index in [4.69, 9.17) is 11.5 Å². The summed E-state index contributed by atoms with van der Waals surface area (Å²) in [6, 6.07) is 4.64. The molecule has 0 aromatic carbocycles. The molecule has 0 spiro atoms. The molecule has 3 aromatic rings. The highest BCUT2D eigenvalue weighted by atomic mass is 32.1. The van der Waals surface area contributed by atoms with Gasteiger partial charge in [0.05, 0.1) is 17.4 Å². The van der Waals surface area contributed by atoms with E-state index in [1.54, 1.807) is 29.4 Å². The minimum atomic E-state index is -4.66. The van der Waals surface area contributed by atoms with Crippen LogP contribution in [0.1, 0.15) is 39.7 Å². The normalized spacial score (nSPS) is 16.3. The van der Waals surface area contributed by atoms with Gasteiger partial charge in [-0.05, 0) is 25.0 Å². The molecule has 3 aromatic heterocycles. The summed E-state index contributed by atoms with van der Waals surface area (Å²) >= 11 is 0.768. The fraction of sp³-hybridized carbons (Fsp3) is 0.381. The fourth-order valence-corrected chi connectivity index (χ4v) is 4.93. The van der Waals surface area contributed by atoms with E-state index in [2.05, 4.69) is 15.3 Å². The molecule has 4 heterocycles. The molecule has 1 aliphatic rings. The molecule has 1 fully saturated rings. The van der Waals surface area contributed by atoms with Crippen molar-refractivity contribution >= 4 is 39.0 Å². The van der Waals surface area contributed by atoms with Crippen molar-refractivity contribution < 1.29 is 23.1 Å². The number of hydrogen-bond donors (Lipinski definition) is 4. The second-order valence-corrected chi connectivity index (χ2v) is 8.89. The van der Waals surface area contributed by atoms with Crippen molar-refractivity contribution in [3.05, 3.63) is 46.6 Å². The van der Waals surface area contributed by atoms with Crippen molar-refractivity contribution in [1.82, 2.24) is 15.3 Å². The van der Waals surface area contributed by atoms with Crippen LogP contribution in [-0.2, 0) is 6.18 Å². The Bertz CT molecular complexity index is 1150. The monoisotopic (exact) mass is 480 g/mol. The first-order chi connectivity index (χ1) is 15.6. The highest BCUT2D eigenvalue weighted by molar-refractivity contribution is 7.21. The number of pyridine rings is 2. The average molecular weight is 481 g/mol. The molecule has 8 nitrogen and oxygen atoms in total. The highest BCUT2D eigenvalue weighted by Gasteiger charge is 2.37. The number of thiophene rings is 1. The second-order valence-electron chi connectivity index (χ2n) is 7.89. The number of aliphatic hydroxyl groups excluding tert-OH is 1. The van der Waals surface area contributed by atoms with Crippen LogP contribution in [0, 0.1) is 0 Å². The number of nitrogen functional groups attached to an aromatic ring is 1. The van der Waals surface area contributed by atoms with Crippen LogP contribution in [0.5, 0.6) is 0 Å². The van der Waals surface area contributed by atoms with Gasteiger partial charge in [-0.25, -0.2) is 4.98 Å². The molecule has 4 rings (SSSR count). The second kappa shape index (κ2) is 9.12. The zero-order valence-corrected chi connectivity index (χ0v) is 18.3. The maximum absolute atomic E-state index is 13.8. The van der Waals surface area contributed by atoms with Crippen LogP contribution in [-0.4, -0.2) is 46.7 Å². The van der Waals surface area contributed by atoms with Crippen LogP contribution in [0.4, 0.5) is 24.7 Å². The summed E-state index contributed by atoms with van der Waals surface area (Å²) in [5.74, 6) is -0.702. The number of nitrogens with one attached hydrogen (secondary N) is 1. The molecule has 0 radical (unpaired) electrons. The van der Waals surface area contributed by atoms with Gasteiger partial charge in [0.1, 0.15) is 15.5 Å². The number of rotatable bonds is 6. The van der Waals surface area contributed by atoms with Crippen molar-refractivity contribution in [2.45, 2.75) is 31.2 Å². The summed E-state index contributed by atoms with van der Waals surface area (Å²) in [4.78, 5) is 21.6. The van der Waals surface area contributed by atoms with Crippen LogP contribution in [0.25, 0.3) is 10.2 Å². The van der Waals surface area contributed by atoms with Crippen molar-refractivity contribution in [3.63, 3.8) is 0 Å². The Balaban J connectivity index is 1.48. The number of nitrogens with two attached hydrogens (primary N) is 2. The molecule has 0 saturated carbocycles. The number of carbonyl (C=O) groups is 1. The number of alkyl halides is 3. The lowest BCUT2D eigenvalue weighted by molar-refractivity contribution is -0.136. The minimum Gasteiger partial charge on any atom is -0.397 e. The first-order valence-electron chi connectivity index (χ1n) is 10.3. The number of nitrogens with zero attached hydrogens (tertiary/aromatic N) is 3. The van der Waals surface area contributed by atoms with Gasteiger partial charge in [-0.2, -0.15) is 13.2 Å². The van der Waals surface area contributed by atoms with Crippen LogP contribution in [0.2, 0.25) is 0 Å². The van der Waals surface area contributed by atoms with Gasteiger partial charge in [0, 0.05) is 49.0 Å². The molecule has 176 valence electrons. The van der Waals surface area contributed by atoms with E-state index >= 15 is 0 Å². The number of primary amides is 1. The third kappa shape index (κ3) is 4.87. The fourth-order valence-electron chi connectivity index (χ4n) is 3.96. The largest absolute Gasteiger partial charge is 0.417 e. The molecule has 1 aliphatic heterocycles. The Hall–Kier alpha value is -2.96. The predicted octanol–water partition coefficient (Wildman–Crippen LogP) is 2.68. The maximum Gasteiger partial charge on any atom is 0.417 e. The zero-order valence-electron chi connectivity index (χ0n) is 17.5. The number of amides is 1. The lowest BCUT2D eigenvalue weighted by Crippen LogP contribution is -2.44. The van der Waals surface area contributed by atoms with E-state index in [0.29, 0.717) is 38.0 Å². The quantitative estimate of drug-likeness (QED) is 0.427. The van der Waals surface area contributed by atoms with Gasteiger partial charge in [0.15, 0.2) is 0 Å². The molecule has 0 bridgehead atoms. The highest BCUT2D eigenvalue weighted by Crippen LogP contribution is 2.43. The van der Waals surface area contributed by atoms with Crippen LogP contribution in [0.15, 0.2) is 30.6 Å². The minimum absolute atomic E-state index is 0.0333. The molecule has 1 amide bonds. The van der Waals surface area contributed by atoms with E-state index in [1.807, 2.05) is 0 Å². The molecule has 6 N–H and O–H groups in total. The summed E-state index contributed by atoms with van der Waals surface area (Å²) in [7, 11) is 0. The lowest BCUT2D eigenvalue weighted by Gasteiger charge is -2.34. The van der Waals surface area contributed by atoms with Gasteiger partial charge in [-0.15, -0.1) is 11.3 Å². The lowest BCUT2D eigenvalue weighted by atomic mass is 10.0. The van der Waals surface area contributed by atoms with Crippen LogP contribution >= 0.6 is 11.3 Å². The Morgan fingerprint density at radius 1 is 1.36 bits per heavy atom. The summed E-state index contributed by atoms with van der Waals surface area (Å²) in [5.41, 5.74) is 10.6. The first-order valence-corrected chi connectivity index (χ1v) is 11.1. The number of fused-ring (bicyclic) bond motifs is 1. The number of aromatic nitrogens is 2. The summed E-state index contributed by atoms with van der Waals surface area (Å²) in [6.07, 6.45) is -0.786. The van der Waals surface area contributed by atoms with Crippen molar-refractivity contribution in [3.8, 4) is 0 Å². The number of hydrogen-bond acceptors (Lipinski definition) is 8. The Morgan fingerprint density at radius 2 is 2.09 bits per heavy atom. The van der Waals surface area contributed by atoms with E-state index in [0.717, 1.165) is 17.4 Å². The number of halogens is 3. The van der Waals surface area contributed by atoms with Crippen molar-refractivity contribution in [2.75, 3.05) is 30.3 Å².